The second-order valence-electron chi connectivity index (χ2n) is 9.21. The van der Waals surface area contributed by atoms with Crippen LogP contribution >= 0.6 is 11.8 Å². The first-order chi connectivity index (χ1) is 19.8. The van der Waals surface area contributed by atoms with E-state index in [9.17, 15) is 14.4 Å². The topological polar surface area (TPSA) is 96.5 Å². The van der Waals surface area contributed by atoms with Gasteiger partial charge >= 0.3 is 0 Å². The number of anilines is 2. The van der Waals surface area contributed by atoms with Crippen molar-refractivity contribution in [1.29, 1.82) is 0 Å². The first-order valence-corrected chi connectivity index (χ1v) is 13.9. The van der Waals surface area contributed by atoms with Gasteiger partial charge in [-0.1, -0.05) is 42.5 Å². The number of aryl methyl sites for hydroxylation is 1. The fourth-order valence-electron chi connectivity index (χ4n) is 3.86. The molecule has 0 saturated heterocycles. The van der Waals surface area contributed by atoms with Gasteiger partial charge in [0.2, 0.25) is 5.91 Å². The molecule has 41 heavy (non-hydrogen) atoms. The third kappa shape index (κ3) is 8.33. The Morgan fingerprint density at radius 3 is 2.20 bits per heavy atom. The van der Waals surface area contributed by atoms with Crippen molar-refractivity contribution in [2.75, 3.05) is 23.5 Å². The second kappa shape index (κ2) is 14.0. The summed E-state index contributed by atoms with van der Waals surface area (Å²) in [4.78, 5) is 39.4. The Morgan fingerprint density at radius 1 is 0.805 bits per heavy atom. The molecule has 0 saturated carbocycles. The minimum atomic E-state index is -0.474. The molecule has 4 rings (SSSR count). The molecule has 7 nitrogen and oxygen atoms in total. The lowest BCUT2D eigenvalue weighted by Gasteiger charge is -2.12. The van der Waals surface area contributed by atoms with Crippen LogP contribution in [0.2, 0.25) is 0 Å². The van der Waals surface area contributed by atoms with Gasteiger partial charge < -0.3 is 20.7 Å². The van der Waals surface area contributed by atoms with Gasteiger partial charge in [-0.15, -0.1) is 11.8 Å². The number of thioether (sulfide) groups is 1. The number of methoxy groups -OCH3 is 1. The number of ether oxygens (including phenoxy) is 1. The molecule has 3 N–H and O–H groups in total. The summed E-state index contributed by atoms with van der Waals surface area (Å²) in [6.07, 6.45) is 1.61. The highest BCUT2D eigenvalue weighted by Crippen LogP contribution is 2.23. The SMILES string of the molecule is COc1ccc(/C=C(\NC(=O)c2ccccc2)C(=O)Nc2ccc(SCC(=O)Nc3cccc(C)c3C)cc2)cc1. The predicted molar refractivity (Wildman–Crippen MR) is 165 cm³/mol. The van der Waals surface area contributed by atoms with E-state index >= 15 is 0 Å². The molecule has 0 aliphatic heterocycles. The first kappa shape index (κ1) is 29.2. The molecule has 0 aliphatic rings. The van der Waals surface area contributed by atoms with Crippen LogP contribution in [-0.2, 0) is 9.59 Å². The number of carbonyl (C=O) groups is 3. The molecule has 0 heterocycles. The lowest BCUT2D eigenvalue weighted by molar-refractivity contribution is -0.114. The highest BCUT2D eigenvalue weighted by atomic mass is 32.2. The fraction of sp³-hybridized carbons (Fsp3) is 0.121. The molecule has 0 bridgehead atoms. The average molecular weight is 566 g/mol. The minimum Gasteiger partial charge on any atom is -0.497 e. The second-order valence-corrected chi connectivity index (χ2v) is 10.3. The van der Waals surface area contributed by atoms with Gasteiger partial charge in [-0.2, -0.15) is 0 Å². The van der Waals surface area contributed by atoms with Gasteiger partial charge in [-0.25, -0.2) is 0 Å². The van der Waals surface area contributed by atoms with Crippen molar-refractivity contribution in [3.05, 3.63) is 125 Å². The van der Waals surface area contributed by atoms with Crippen LogP contribution in [0.3, 0.4) is 0 Å². The van der Waals surface area contributed by atoms with Gasteiger partial charge in [0, 0.05) is 21.8 Å². The summed E-state index contributed by atoms with van der Waals surface area (Å²) in [7, 11) is 1.58. The van der Waals surface area contributed by atoms with Crippen LogP contribution in [0, 0.1) is 13.8 Å². The smallest absolute Gasteiger partial charge is 0.272 e. The van der Waals surface area contributed by atoms with Crippen LogP contribution in [0.15, 0.2) is 108 Å². The molecule has 0 atom stereocenters. The summed E-state index contributed by atoms with van der Waals surface area (Å²) in [5.41, 5.74) is 4.77. The zero-order chi connectivity index (χ0) is 29.2. The van der Waals surface area contributed by atoms with Crippen LogP contribution in [0.5, 0.6) is 5.75 Å². The van der Waals surface area contributed by atoms with Crippen molar-refractivity contribution >= 4 is 46.9 Å². The van der Waals surface area contributed by atoms with E-state index in [0.717, 1.165) is 27.3 Å². The minimum absolute atomic E-state index is 0.0885. The van der Waals surface area contributed by atoms with Gasteiger partial charge in [0.15, 0.2) is 0 Å². The number of carbonyl (C=O) groups excluding carboxylic acids is 3. The van der Waals surface area contributed by atoms with Crippen molar-refractivity contribution in [3.8, 4) is 5.75 Å². The summed E-state index contributed by atoms with van der Waals surface area (Å²) in [5, 5.41) is 8.54. The highest BCUT2D eigenvalue weighted by Gasteiger charge is 2.15. The van der Waals surface area contributed by atoms with Crippen molar-refractivity contribution < 1.29 is 19.1 Å². The predicted octanol–water partition coefficient (Wildman–Crippen LogP) is 6.45. The van der Waals surface area contributed by atoms with Crippen LogP contribution < -0.4 is 20.7 Å². The Balaban J connectivity index is 1.41. The Labute approximate surface area is 244 Å². The molecule has 208 valence electrons. The maximum atomic E-state index is 13.3. The Bertz CT molecular complexity index is 1550. The van der Waals surface area contributed by atoms with Crippen molar-refractivity contribution in [2.24, 2.45) is 0 Å². The number of benzene rings is 4. The maximum Gasteiger partial charge on any atom is 0.272 e. The van der Waals surface area contributed by atoms with Gasteiger partial charge in [0.05, 0.1) is 12.9 Å². The van der Waals surface area contributed by atoms with Crippen molar-refractivity contribution in [2.45, 2.75) is 18.7 Å². The Morgan fingerprint density at radius 2 is 1.51 bits per heavy atom. The lowest BCUT2D eigenvalue weighted by atomic mass is 10.1. The molecule has 0 aromatic heterocycles. The number of hydrogen-bond donors (Lipinski definition) is 3. The summed E-state index contributed by atoms with van der Waals surface area (Å²) in [6, 6.07) is 28.8. The third-order valence-electron chi connectivity index (χ3n) is 6.32. The number of amides is 3. The molecular weight excluding hydrogens is 534 g/mol. The van der Waals surface area contributed by atoms with Crippen molar-refractivity contribution in [1.82, 2.24) is 5.32 Å². The fourth-order valence-corrected chi connectivity index (χ4v) is 4.56. The van der Waals surface area contributed by atoms with Gasteiger partial charge in [0.25, 0.3) is 11.8 Å². The molecule has 0 spiro atoms. The molecule has 3 amide bonds. The summed E-state index contributed by atoms with van der Waals surface area (Å²) in [5.74, 6) is -0.0326. The normalized spacial score (nSPS) is 11.0. The molecule has 0 fully saturated rings. The number of nitrogens with one attached hydrogen (secondary N) is 3. The van der Waals surface area contributed by atoms with E-state index in [0.29, 0.717) is 17.0 Å². The average Bonchev–Trinajstić information content (AvgIpc) is 2.99. The Kier molecular flexibility index (Phi) is 9.96. The van der Waals surface area contributed by atoms with Crippen LogP contribution in [0.4, 0.5) is 11.4 Å². The molecule has 0 radical (unpaired) electrons. The molecule has 4 aromatic rings. The maximum absolute atomic E-state index is 13.3. The molecule has 0 aliphatic carbocycles. The van der Waals surface area contributed by atoms with E-state index in [2.05, 4.69) is 16.0 Å². The molecular formula is C33H31N3O4S. The van der Waals surface area contributed by atoms with Gasteiger partial charge in [-0.3, -0.25) is 14.4 Å². The zero-order valence-electron chi connectivity index (χ0n) is 23.1. The van der Waals surface area contributed by atoms with E-state index in [1.807, 2.05) is 50.2 Å². The first-order valence-electron chi connectivity index (χ1n) is 12.9. The molecule has 4 aromatic carbocycles. The van der Waals surface area contributed by atoms with Gasteiger partial charge in [-0.05, 0) is 91.2 Å². The van der Waals surface area contributed by atoms with Crippen molar-refractivity contribution in [3.63, 3.8) is 0 Å². The van der Waals surface area contributed by atoms with E-state index in [1.54, 1.807) is 73.8 Å². The summed E-state index contributed by atoms with van der Waals surface area (Å²) < 4.78 is 5.20. The number of rotatable bonds is 10. The third-order valence-corrected chi connectivity index (χ3v) is 7.33. The van der Waals surface area contributed by atoms with Gasteiger partial charge in [0.1, 0.15) is 11.4 Å². The zero-order valence-corrected chi connectivity index (χ0v) is 23.9. The van der Waals surface area contributed by atoms with E-state index in [1.165, 1.54) is 11.8 Å². The van der Waals surface area contributed by atoms with Crippen LogP contribution in [-0.4, -0.2) is 30.6 Å². The van der Waals surface area contributed by atoms with E-state index < -0.39 is 11.8 Å². The molecule has 8 heteroatoms. The standard InChI is InChI=1S/C33H31N3O4S/c1-22-8-7-11-29(23(22)2)35-31(37)21-41-28-18-14-26(15-19-28)34-33(39)30(20-24-12-16-27(40-3)17-13-24)36-32(38)25-9-5-4-6-10-25/h4-20H,21H2,1-3H3,(H,34,39)(H,35,37)(H,36,38)/b30-20-. The number of hydrogen-bond acceptors (Lipinski definition) is 5. The van der Waals surface area contributed by atoms with Crippen LogP contribution in [0.25, 0.3) is 6.08 Å². The quantitative estimate of drug-likeness (QED) is 0.152. The van der Waals surface area contributed by atoms with Crippen LogP contribution in [0.1, 0.15) is 27.0 Å². The highest BCUT2D eigenvalue weighted by molar-refractivity contribution is 8.00. The van der Waals surface area contributed by atoms with E-state index in [4.69, 9.17) is 4.74 Å². The molecule has 0 unspecified atom stereocenters. The summed E-state index contributed by atoms with van der Waals surface area (Å²) in [6.45, 7) is 3.99. The lowest BCUT2D eigenvalue weighted by Crippen LogP contribution is -2.30. The van der Waals surface area contributed by atoms with E-state index in [-0.39, 0.29) is 17.4 Å². The Hall–Kier alpha value is -4.82. The monoisotopic (exact) mass is 565 g/mol. The summed E-state index contributed by atoms with van der Waals surface area (Å²) >= 11 is 1.40. The largest absolute Gasteiger partial charge is 0.497 e.